The van der Waals surface area contributed by atoms with Gasteiger partial charge in [-0.3, -0.25) is 4.79 Å². The molecule has 1 heterocycles. The van der Waals surface area contributed by atoms with Crippen LogP contribution in [0.25, 0.3) is 0 Å². The summed E-state index contributed by atoms with van der Waals surface area (Å²) in [6.45, 7) is 4.25. The number of amides is 1. The molecule has 0 saturated carbocycles. The van der Waals surface area contributed by atoms with E-state index in [1.54, 1.807) is 18.3 Å². The molecule has 0 unspecified atom stereocenters. The van der Waals surface area contributed by atoms with Crippen LogP contribution in [0.15, 0.2) is 18.3 Å². The Bertz CT molecular complexity index is 341. The van der Waals surface area contributed by atoms with E-state index in [0.29, 0.717) is 10.8 Å². The van der Waals surface area contributed by atoms with Crippen molar-refractivity contribution in [3.63, 3.8) is 0 Å². The van der Waals surface area contributed by atoms with E-state index < -0.39 is 0 Å². The van der Waals surface area contributed by atoms with E-state index in [9.17, 15) is 4.79 Å². The second-order valence-corrected chi connectivity index (χ2v) is 3.84. The largest absolute Gasteiger partial charge is 0.325 e. The number of carbonyl (C=O) groups excluding carboxylic acids is 1. The zero-order valence-electron chi connectivity index (χ0n) is 8.75. The summed E-state index contributed by atoms with van der Waals surface area (Å²) < 4.78 is 0. The maximum Gasteiger partial charge on any atom is 0.238 e. The van der Waals surface area contributed by atoms with Gasteiger partial charge < -0.3 is 10.6 Å². The normalized spacial score (nSPS) is 10.4. The van der Waals surface area contributed by atoms with Gasteiger partial charge in [-0.1, -0.05) is 25.4 Å². The number of hydrogen-bond acceptors (Lipinski definition) is 3. The van der Waals surface area contributed by atoms with Gasteiger partial charge in [-0.05, 0) is 12.1 Å². The zero-order valence-corrected chi connectivity index (χ0v) is 9.51. The predicted octanol–water partition coefficient (Wildman–Crippen LogP) is 1.67. The van der Waals surface area contributed by atoms with Crippen molar-refractivity contribution in [3.05, 3.63) is 23.5 Å². The van der Waals surface area contributed by atoms with Crippen molar-refractivity contribution < 1.29 is 4.79 Å². The van der Waals surface area contributed by atoms with Crippen molar-refractivity contribution in [2.24, 2.45) is 0 Å². The summed E-state index contributed by atoms with van der Waals surface area (Å²) in [4.78, 5) is 15.2. The predicted molar refractivity (Wildman–Crippen MR) is 61.0 cm³/mol. The molecule has 0 saturated heterocycles. The second-order valence-electron chi connectivity index (χ2n) is 3.45. The van der Waals surface area contributed by atoms with Crippen LogP contribution in [0.5, 0.6) is 0 Å². The molecule has 0 radical (unpaired) electrons. The average molecular weight is 228 g/mol. The van der Waals surface area contributed by atoms with Crippen LogP contribution in [-0.2, 0) is 4.79 Å². The summed E-state index contributed by atoms with van der Waals surface area (Å²) in [5.41, 5.74) is 0.658. The van der Waals surface area contributed by atoms with E-state index in [1.165, 1.54) is 0 Å². The minimum atomic E-state index is -0.0917. The van der Waals surface area contributed by atoms with Crippen LogP contribution in [-0.4, -0.2) is 23.5 Å². The molecule has 4 nitrogen and oxygen atoms in total. The van der Waals surface area contributed by atoms with Gasteiger partial charge in [0.15, 0.2) is 0 Å². The summed E-state index contributed by atoms with van der Waals surface area (Å²) in [7, 11) is 0. The van der Waals surface area contributed by atoms with Crippen molar-refractivity contribution in [2.75, 3.05) is 11.9 Å². The molecule has 2 N–H and O–H groups in total. The van der Waals surface area contributed by atoms with Crippen LogP contribution in [0.4, 0.5) is 5.69 Å². The summed E-state index contributed by atoms with van der Waals surface area (Å²) >= 11 is 5.68. The first-order valence-electron chi connectivity index (χ1n) is 4.72. The molecule has 0 aliphatic rings. The maximum absolute atomic E-state index is 11.4. The van der Waals surface area contributed by atoms with Crippen molar-refractivity contribution in [1.82, 2.24) is 10.3 Å². The molecule has 1 aromatic heterocycles. The van der Waals surface area contributed by atoms with Gasteiger partial charge in [0.05, 0.1) is 6.54 Å². The number of rotatable bonds is 4. The molecule has 0 fully saturated rings. The summed E-state index contributed by atoms with van der Waals surface area (Å²) in [6, 6.07) is 3.59. The third kappa shape index (κ3) is 4.76. The minimum absolute atomic E-state index is 0.0917. The number of halogens is 1. The lowest BCUT2D eigenvalue weighted by atomic mass is 10.3. The van der Waals surface area contributed by atoms with Crippen molar-refractivity contribution in [1.29, 1.82) is 0 Å². The molecule has 0 aliphatic heterocycles. The van der Waals surface area contributed by atoms with Crippen LogP contribution >= 0.6 is 11.6 Å². The highest BCUT2D eigenvalue weighted by Gasteiger charge is 2.03. The number of nitrogens with zero attached hydrogens (tertiary/aromatic N) is 1. The van der Waals surface area contributed by atoms with E-state index in [1.807, 2.05) is 13.8 Å². The van der Waals surface area contributed by atoms with E-state index in [0.717, 1.165) is 0 Å². The van der Waals surface area contributed by atoms with E-state index in [-0.39, 0.29) is 18.5 Å². The second kappa shape index (κ2) is 5.68. The highest BCUT2D eigenvalue weighted by atomic mass is 35.5. The SMILES string of the molecule is CC(C)NCC(=O)Nc1ccnc(Cl)c1. The van der Waals surface area contributed by atoms with Crippen LogP contribution in [0.1, 0.15) is 13.8 Å². The molecule has 1 amide bonds. The van der Waals surface area contributed by atoms with E-state index >= 15 is 0 Å². The molecule has 1 rings (SSSR count). The fourth-order valence-electron chi connectivity index (χ4n) is 0.982. The summed E-state index contributed by atoms with van der Waals surface area (Å²) in [5, 5.41) is 6.10. The Labute approximate surface area is 94.0 Å². The Hall–Kier alpha value is -1.13. The molecule has 82 valence electrons. The molecule has 0 aromatic carbocycles. The molecular weight excluding hydrogens is 214 g/mol. The first-order valence-corrected chi connectivity index (χ1v) is 5.10. The first kappa shape index (κ1) is 11.9. The number of carbonyl (C=O) groups is 1. The van der Waals surface area contributed by atoms with Gasteiger partial charge in [0.2, 0.25) is 5.91 Å². The van der Waals surface area contributed by atoms with Gasteiger partial charge in [0.25, 0.3) is 0 Å². The lowest BCUT2D eigenvalue weighted by Crippen LogP contribution is -2.32. The molecule has 0 atom stereocenters. The fraction of sp³-hybridized carbons (Fsp3) is 0.400. The molecule has 15 heavy (non-hydrogen) atoms. The number of hydrogen-bond donors (Lipinski definition) is 2. The Balaban J connectivity index is 2.44. The third-order valence-electron chi connectivity index (χ3n) is 1.68. The molecule has 0 aliphatic carbocycles. The van der Waals surface area contributed by atoms with Gasteiger partial charge in [-0.25, -0.2) is 4.98 Å². The molecular formula is C10H14ClN3O. The quantitative estimate of drug-likeness (QED) is 0.770. The number of aromatic nitrogens is 1. The fourth-order valence-corrected chi connectivity index (χ4v) is 1.16. The molecule has 0 bridgehead atoms. The van der Waals surface area contributed by atoms with Gasteiger partial charge >= 0.3 is 0 Å². The van der Waals surface area contributed by atoms with Gasteiger partial charge in [0.1, 0.15) is 5.15 Å². The van der Waals surface area contributed by atoms with Crippen molar-refractivity contribution in [3.8, 4) is 0 Å². The van der Waals surface area contributed by atoms with Gasteiger partial charge in [-0.2, -0.15) is 0 Å². The van der Waals surface area contributed by atoms with Crippen LogP contribution in [0, 0.1) is 0 Å². The third-order valence-corrected chi connectivity index (χ3v) is 1.89. The lowest BCUT2D eigenvalue weighted by Gasteiger charge is -2.08. The van der Waals surface area contributed by atoms with Crippen molar-refractivity contribution in [2.45, 2.75) is 19.9 Å². The van der Waals surface area contributed by atoms with Crippen LogP contribution < -0.4 is 10.6 Å². The zero-order chi connectivity index (χ0) is 11.3. The van der Waals surface area contributed by atoms with E-state index in [2.05, 4.69) is 15.6 Å². The highest BCUT2D eigenvalue weighted by molar-refractivity contribution is 6.29. The number of anilines is 1. The topological polar surface area (TPSA) is 54.0 Å². The Kier molecular flexibility index (Phi) is 4.52. The lowest BCUT2D eigenvalue weighted by molar-refractivity contribution is -0.115. The first-order chi connectivity index (χ1) is 7.08. The van der Waals surface area contributed by atoms with E-state index in [4.69, 9.17) is 11.6 Å². The van der Waals surface area contributed by atoms with Crippen LogP contribution in [0.3, 0.4) is 0 Å². The summed E-state index contributed by atoms with van der Waals surface area (Å²) in [5.74, 6) is -0.0917. The smallest absolute Gasteiger partial charge is 0.238 e. The summed E-state index contributed by atoms with van der Waals surface area (Å²) in [6.07, 6.45) is 1.55. The minimum Gasteiger partial charge on any atom is -0.325 e. The number of nitrogens with one attached hydrogen (secondary N) is 2. The average Bonchev–Trinajstić information content (AvgIpc) is 2.15. The van der Waals surface area contributed by atoms with Gasteiger partial charge in [0, 0.05) is 17.9 Å². The maximum atomic E-state index is 11.4. The molecule has 1 aromatic rings. The Morgan fingerprint density at radius 1 is 1.60 bits per heavy atom. The highest BCUT2D eigenvalue weighted by Crippen LogP contribution is 2.11. The standard InChI is InChI=1S/C10H14ClN3O/c1-7(2)13-6-10(15)14-8-3-4-12-9(11)5-8/h3-5,7,13H,6H2,1-2H3,(H,12,14,15). The molecule has 0 spiro atoms. The van der Waals surface area contributed by atoms with Crippen molar-refractivity contribution >= 4 is 23.2 Å². The molecule has 5 heteroatoms. The monoisotopic (exact) mass is 227 g/mol. The number of pyridine rings is 1. The van der Waals surface area contributed by atoms with Crippen LogP contribution in [0.2, 0.25) is 5.15 Å². The Morgan fingerprint density at radius 3 is 2.93 bits per heavy atom. The Morgan fingerprint density at radius 2 is 2.33 bits per heavy atom. The van der Waals surface area contributed by atoms with Gasteiger partial charge in [-0.15, -0.1) is 0 Å².